The van der Waals surface area contributed by atoms with E-state index in [0.29, 0.717) is 18.5 Å². The first-order chi connectivity index (χ1) is 9.82. The van der Waals surface area contributed by atoms with Crippen molar-refractivity contribution in [2.75, 3.05) is 13.1 Å². The Balaban J connectivity index is 3.18. The van der Waals surface area contributed by atoms with Crippen LogP contribution in [0.3, 0.4) is 0 Å². The predicted octanol–water partition coefficient (Wildman–Crippen LogP) is 0.730. The van der Waals surface area contributed by atoms with E-state index in [-0.39, 0.29) is 18.0 Å². The first-order valence-electron chi connectivity index (χ1n) is 6.91. The molecule has 0 bridgehead atoms. The van der Waals surface area contributed by atoms with Crippen LogP contribution < -0.4 is 11.5 Å². The van der Waals surface area contributed by atoms with Gasteiger partial charge in [-0.15, -0.1) is 0 Å². The fraction of sp³-hybridized carbons (Fsp3) is 0.500. The molecule has 0 fully saturated rings. The van der Waals surface area contributed by atoms with Gasteiger partial charge in [0.1, 0.15) is 0 Å². The summed E-state index contributed by atoms with van der Waals surface area (Å²) in [5.41, 5.74) is 12.2. The molecule has 0 aromatic heterocycles. The standard InChI is InChI=1S/C14H23N3O3S/c1-3-4-7-17(10-14(16)18)21(19,20)13-6-5-12(9-15)8-11(13)2/h5-6,8H,3-4,7,9-10,15H2,1-2H3,(H2,16,18). The fourth-order valence-corrected chi connectivity index (χ4v) is 3.71. The molecule has 7 heteroatoms. The number of sulfonamides is 1. The molecule has 1 rings (SSSR count). The van der Waals surface area contributed by atoms with E-state index in [0.717, 1.165) is 16.3 Å². The van der Waals surface area contributed by atoms with Crippen molar-refractivity contribution in [2.45, 2.75) is 38.1 Å². The van der Waals surface area contributed by atoms with Crippen molar-refractivity contribution < 1.29 is 13.2 Å². The number of unbranched alkanes of at least 4 members (excludes halogenated alkanes) is 1. The molecule has 4 N–H and O–H groups in total. The van der Waals surface area contributed by atoms with E-state index in [1.807, 2.05) is 6.92 Å². The Morgan fingerprint density at radius 2 is 2.00 bits per heavy atom. The summed E-state index contributed by atoms with van der Waals surface area (Å²) in [4.78, 5) is 11.3. The quantitative estimate of drug-likeness (QED) is 0.737. The van der Waals surface area contributed by atoms with Crippen LogP contribution in [0.4, 0.5) is 0 Å². The molecular formula is C14H23N3O3S. The first-order valence-corrected chi connectivity index (χ1v) is 8.35. The zero-order valence-corrected chi connectivity index (χ0v) is 13.3. The Kier molecular flexibility index (Phi) is 6.32. The van der Waals surface area contributed by atoms with Gasteiger partial charge in [0.2, 0.25) is 15.9 Å². The molecule has 0 aliphatic carbocycles. The lowest BCUT2D eigenvalue weighted by atomic mass is 10.1. The Morgan fingerprint density at radius 1 is 1.33 bits per heavy atom. The second-order valence-electron chi connectivity index (χ2n) is 4.96. The molecule has 0 heterocycles. The van der Waals surface area contributed by atoms with Crippen LogP contribution >= 0.6 is 0 Å². The smallest absolute Gasteiger partial charge is 0.243 e. The van der Waals surface area contributed by atoms with Gasteiger partial charge in [0.05, 0.1) is 11.4 Å². The molecule has 0 aliphatic heterocycles. The van der Waals surface area contributed by atoms with Crippen molar-refractivity contribution in [3.63, 3.8) is 0 Å². The molecule has 0 aliphatic rings. The van der Waals surface area contributed by atoms with Crippen molar-refractivity contribution in [2.24, 2.45) is 11.5 Å². The van der Waals surface area contributed by atoms with Gasteiger partial charge >= 0.3 is 0 Å². The molecule has 21 heavy (non-hydrogen) atoms. The van der Waals surface area contributed by atoms with Crippen molar-refractivity contribution in [3.05, 3.63) is 29.3 Å². The molecule has 0 spiro atoms. The van der Waals surface area contributed by atoms with Gasteiger partial charge in [-0.05, 0) is 30.5 Å². The molecule has 0 saturated carbocycles. The maximum Gasteiger partial charge on any atom is 0.243 e. The second kappa shape index (κ2) is 7.53. The average Bonchev–Trinajstić information content (AvgIpc) is 2.42. The SMILES string of the molecule is CCCCN(CC(N)=O)S(=O)(=O)c1ccc(CN)cc1C. The van der Waals surface area contributed by atoms with Crippen molar-refractivity contribution in [1.29, 1.82) is 0 Å². The highest BCUT2D eigenvalue weighted by Crippen LogP contribution is 2.21. The van der Waals surface area contributed by atoms with Crippen LogP contribution in [0.2, 0.25) is 0 Å². The highest BCUT2D eigenvalue weighted by Gasteiger charge is 2.26. The minimum atomic E-state index is -3.73. The number of rotatable bonds is 8. The molecule has 0 atom stereocenters. The number of carbonyl (C=O) groups excluding carboxylic acids is 1. The van der Waals surface area contributed by atoms with Gasteiger partial charge in [0.25, 0.3) is 0 Å². The van der Waals surface area contributed by atoms with Gasteiger partial charge in [-0.1, -0.05) is 25.5 Å². The highest BCUT2D eigenvalue weighted by atomic mass is 32.2. The summed E-state index contributed by atoms with van der Waals surface area (Å²) >= 11 is 0. The summed E-state index contributed by atoms with van der Waals surface area (Å²) in [6, 6.07) is 4.96. The Labute approximate surface area is 126 Å². The van der Waals surface area contributed by atoms with Crippen LogP contribution in [0.15, 0.2) is 23.1 Å². The number of nitrogens with two attached hydrogens (primary N) is 2. The van der Waals surface area contributed by atoms with Crippen molar-refractivity contribution in [3.8, 4) is 0 Å². The van der Waals surface area contributed by atoms with Gasteiger partial charge in [0.15, 0.2) is 0 Å². The zero-order valence-electron chi connectivity index (χ0n) is 12.5. The van der Waals surface area contributed by atoms with Gasteiger partial charge in [-0.25, -0.2) is 8.42 Å². The van der Waals surface area contributed by atoms with Crippen LogP contribution in [0.25, 0.3) is 0 Å². The second-order valence-corrected chi connectivity index (χ2v) is 6.87. The number of benzene rings is 1. The van der Waals surface area contributed by atoms with E-state index < -0.39 is 15.9 Å². The lowest BCUT2D eigenvalue weighted by molar-refractivity contribution is -0.118. The van der Waals surface area contributed by atoms with E-state index in [9.17, 15) is 13.2 Å². The topological polar surface area (TPSA) is 106 Å². The first kappa shape index (κ1) is 17.6. The number of aryl methyl sites for hydroxylation is 1. The fourth-order valence-electron chi connectivity index (χ4n) is 2.06. The Morgan fingerprint density at radius 3 is 2.48 bits per heavy atom. The number of amides is 1. The minimum absolute atomic E-state index is 0.192. The number of hydrogen-bond donors (Lipinski definition) is 2. The lowest BCUT2D eigenvalue weighted by Gasteiger charge is -2.21. The molecule has 6 nitrogen and oxygen atoms in total. The van der Waals surface area contributed by atoms with Gasteiger partial charge in [0, 0.05) is 13.1 Å². The summed E-state index contributed by atoms with van der Waals surface area (Å²) in [5, 5.41) is 0. The monoisotopic (exact) mass is 313 g/mol. The van der Waals surface area contributed by atoms with Crippen LogP contribution in [-0.4, -0.2) is 31.7 Å². The van der Waals surface area contributed by atoms with Crippen LogP contribution in [0.1, 0.15) is 30.9 Å². The summed E-state index contributed by atoms with van der Waals surface area (Å²) in [6.45, 7) is 3.99. The molecule has 118 valence electrons. The third-order valence-corrected chi connectivity index (χ3v) is 5.19. The molecule has 1 amide bonds. The molecular weight excluding hydrogens is 290 g/mol. The van der Waals surface area contributed by atoms with E-state index in [4.69, 9.17) is 11.5 Å². The maximum absolute atomic E-state index is 12.7. The number of nitrogens with zero attached hydrogens (tertiary/aromatic N) is 1. The summed E-state index contributed by atoms with van der Waals surface area (Å²) in [7, 11) is -3.73. The molecule has 0 unspecified atom stereocenters. The minimum Gasteiger partial charge on any atom is -0.369 e. The highest BCUT2D eigenvalue weighted by molar-refractivity contribution is 7.89. The third-order valence-electron chi connectivity index (χ3n) is 3.19. The number of primary amides is 1. The molecule has 1 aromatic carbocycles. The van der Waals surface area contributed by atoms with E-state index in [2.05, 4.69) is 0 Å². The third kappa shape index (κ3) is 4.52. The van der Waals surface area contributed by atoms with E-state index in [1.54, 1.807) is 19.1 Å². The zero-order chi connectivity index (χ0) is 16.0. The Hall–Kier alpha value is -1.44. The Bertz CT molecular complexity index is 599. The van der Waals surface area contributed by atoms with E-state index >= 15 is 0 Å². The van der Waals surface area contributed by atoms with Gasteiger partial charge < -0.3 is 11.5 Å². The molecule has 1 aromatic rings. The molecule has 0 radical (unpaired) electrons. The number of hydrogen-bond acceptors (Lipinski definition) is 4. The van der Waals surface area contributed by atoms with Crippen LogP contribution in [-0.2, 0) is 21.4 Å². The average molecular weight is 313 g/mol. The number of carbonyl (C=O) groups is 1. The maximum atomic E-state index is 12.7. The van der Waals surface area contributed by atoms with Gasteiger partial charge in [-0.3, -0.25) is 4.79 Å². The van der Waals surface area contributed by atoms with Crippen LogP contribution in [0.5, 0.6) is 0 Å². The summed E-state index contributed by atoms with van der Waals surface area (Å²) in [5.74, 6) is -0.661. The lowest BCUT2D eigenvalue weighted by Crippen LogP contribution is -2.39. The normalized spacial score (nSPS) is 11.8. The summed E-state index contributed by atoms with van der Waals surface area (Å²) in [6.07, 6.45) is 1.50. The predicted molar refractivity (Wildman–Crippen MR) is 81.9 cm³/mol. The van der Waals surface area contributed by atoms with Crippen molar-refractivity contribution >= 4 is 15.9 Å². The van der Waals surface area contributed by atoms with Crippen LogP contribution in [0, 0.1) is 6.92 Å². The summed E-state index contributed by atoms with van der Waals surface area (Å²) < 4.78 is 26.5. The molecule has 0 saturated heterocycles. The van der Waals surface area contributed by atoms with E-state index in [1.165, 1.54) is 6.07 Å². The van der Waals surface area contributed by atoms with Gasteiger partial charge in [-0.2, -0.15) is 4.31 Å². The largest absolute Gasteiger partial charge is 0.369 e. The van der Waals surface area contributed by atoms with Crippen molar-refractivity contribution in [1.82, 2.24) is 4.31 Å².